The number of halogens is 1. The molecule has 1 aliphatic heterocycles. The number of nitrogens with zero attached hydrogens (tertiary/aromatic N) is 1. The van der Waals surface area contributed by atoms with Crippen molar-refractivity contribution < 1.29 is 18.7 Å². The molecular weight excluding hydrogens is 375 g/mol. The number of rotatable bonds is 4. The van der Waals surface area contributed by atoms with Gasteiger partial charge in [0.2, 0.25) is 0 Å². The average Bonchev–Trinajstić information content (AvgIpc) is 2.65. The predicted molar refractivity (Wildman–Crippen MR) is 109 cm³/mol. The number of carbonyl (C=O) groups is 1. The fourth-order valence-corrected chi connectivity index (χ4v) is 3.28. The molecule has 0 spiro atoms. The summed E-state index contributed by atoms with van der Waals surface area (Å²) in [7, 11) is 1.67. The lowest BCUT2D eigenvalue weighted by Gasteiger charge is -2.29. The van der Waals surface area contributed by atoms with Crippen LogP contribution in [0.4, 0.5) is 14.9 Å². The van der Waals surface area contributed by atoms with Gasteiger partial charge in [-0.15, -0.1) is 0 Å². The smallest absolute Gasteiger partial charge is 0.408 e. The monoisotopic (exact) mass is 400 g/mol. The van der Waals surface area contributed by atoms with E-state index in [0.717, 1.165) is 17.3 Å². The maximum Gasteiger partial charge on any atom is 0.408 e. The summed E-state index contributed by atoms with van der Waals surface area (Å²) in [6, 6.07) is 2.73. The number of alkyl carbamates (subject to hydrolysis) is 1. The van der Waals surface area contributed by atoms with Gasteiger partial charge in [0.15, 0.2) is 0 Å². The Labute approximate surface area is 169 Å². The summed E-state index contributed by atoms with van der Waals surface area (Å²) in [5.41, 5.74) is 3.05. The highest BCUT2D eigenvalue weighted by molar-refractivity contribution is 5.88. The van der Waals surface area contributed by atoms with Gasteiger partial charge in [-0.05, 0) is 44.0 Å². The molecule has 2 heterocycles. The number of hydrogen-bond acceptors (Lipinski definition) is 6. The molecule has 1 aromatic carbocycles. The second-order valence-corrected chi connectivity index (χ2v) is 7.78. The van der Waals surface area contributed by atoms with Crippen LogP contribution in [0.15, 0.2) is 24.5 Å². The Morgan fingerprint density at radius 2 is 2.14 bits per heavy atom. The van der Waals surface area contributed by atoms with Crippen LogP contribution in [0, 0.1) is 11.2 Å². The van der Waals surface area contributed by atoms with Gasteiger partial charge in [0.1, 0.15) is 11.4 Å². The Morgan fingerprint density at radius 3 is 2.79 bits per heavy atom. The zero-order valence-corrected chi connectivity index (χ0v) is 16.9. The molecule has 0 fully saturated rings. The lowest BCUT2D eigenvalue weighted by Crippen LogP contribution is -2.38. The van der Waals surface area contributed by atoms with Crippen molar-refractivity contribution in [2.75, 3.05) is 19.0 Å². The second-order valence-electron chi connectivity index (χ2n) is 7.78. The summed E-state index contributed by atoms with van der Waals surface area (Å²) < 4.78 is 25.5. The van der Waals surface area contributed by atoms with Crippen molar-refractivity contribution in [2.45, 2.75) is 39.0 Å². The summed E-state index contributed by atoms with van der Waals surface area (Å²) in [5, 5.41) is 13.2. The molecule has 0 saturated carbocycles. The van der Waals surface area contributed by atoms with Crippen molar-refractivity contribution in [3.05, 3.63) is 47.0 Å². The minimum absolute atomic E-state index is 0.190. The van der Waals surface area contributed by atoms with Crippen LogP contribution in [-0.4, -0.2) is 36.5 Å². The van der Waals surface area contributed by atoms with Crippen molar-refractivity contribution >= 4 is 18.0 Å². The molecule has 1 atom stereocenters. The second kappa shape index (κ2) is 8.16. The largest absolute Gasteiger partial charge is 0.444 e. The van der Waals surface area contributed by atoms with Crippen molar-refractivity contribution in [1.29, 1.82) is 5.41 Å². The number of hydrogen-bond donors (Lipinski definition) is 3. The van der Waals surface area contributed by atoms with Crippen LogP contribution in [0.25, 0.3) is 11.1 Å². The number of ether oxygens (including phenoxy) is 2. The maximum atomic E-state index is 14.5. The third-order valence-electron chi connectivity index (χ3n) is 4.54. The number of nitrogens with one attached hydrogen (secondary N) is 3. The van der Waals surface area contributed by atoms with E-state index < -0.39 is 23.6 Å². The Balaban J connectivity index is 1.98. The van der Waals surface area contributed by atoms with E-state index in [4.69, 9.17) is 14.9 Å². The zero-order valence-electron chi connectivity index (χ0n) is 16.9. The highest BCUT2D eigenvalue weighted by Gasteiger charge is 2.27. The molecule has 0 aliphatic carbocycles. The molecule has 0 bridgehead atoms. The normalized spacial score (nSPS) is 16.0. The van der Waals surface area contributed by atoms with Crippen LogP contribution < -0.4 is 10.6 Å². The summed E-state index contributed by atoms with van der Waals surface area (Å²) >= 11 is 0. The number of anilines is 1. The molecule has 1 unspecified atom stereocenters. The Bertz CT molecular complexity index is 940. The van der Waals surface area contributed by atoms with Crippen LogP contribution in [-0.2, 0) is 16.1 Å². The van der Waals surface area contributed by atoms with Crippen molar-refractivity contribution in [2.24, 2.45) is 0 Å². The molecule has 2 aromatic rings. The van der Waals surface area contributed by atoms with Crippen molar-refractivity contribution in [3.63, 3.8) is 0 Å². The van der Waals surface area contributed by atoms with Crippen LogP contribution in [0.5, 0.6) is 0 Å². The number of carbonyl (C=O) groups excluding carboxylic acids is 1. The molecule has 1 aliphatic rings. The van der Waals surface area contributed by atoms with E-state index in [2.05, 4.69) is 15.6 Å². The number of aromatic nitrogens is 1. The van der Waals surface area contributed by atoms with Gasteiger partial charge in [0.05, 0.1) is 24.8 Å². The Kier molecular flexibility index (Phi) is 5.83. The van der Waals surface area contributed by atoms with E-state index in [1.807, 2.05) is 0 Å². The number of amides is 1. The maximum absolute atomic E-state index is 14.5. The van der Waals surface area contributed by atoms with E-state index in [1.165, 1.54) is 6.07 Å². The minimum Gasteiger partial charge on any atom is -0.444 e. The summed E-state index contributed by atoms with van der Waals surface area (Å²) in [4.78, 5) is 16.5. The molecule has 3 rings (SSSR count). The third kappa shape index (κ3) is 4.54. The van der Waals surface area contributed by atoms with Gasteiger partial charge >= 0.3 is 6.09 Å². The molecule has 7 nitrogen and oxygen atoms in total. The molecule has 29 heavy (non-hydrogen) atoms. The predicted octanol–water partition coefficient (Wildman–Crippen LogP) is 4.02. The fraction of sp³-hybridized carbons (Fsp3) is 0.381. The van der Waals surface area contributed by atoms with Gasteiger partial charge < -0.3 is 25.5 Å². The van der Waals surface area contributed by atoms with Gasteiger partial charge in [-0.1, -0.05) is 0 Å². The van der Waals surface area contributed by atoms with Crippen LogP contribution in [0.1, 0.15) is 43.5 Å². The molecule has 1 aromatic heterocycles. The Hall–Kier alpha value is -3.00. The first-order valence-corrected chi connectivity index (χ1v) is 9.29. The highest BCUT2D eigenvalue weighted by Crippen LogP contribution is 2.35. The molecule has 1 amide bonds. The van der Waals surface area contributed by atoms with Gasteiger partial charge in [0, 0.05) is 42.5 Å². The molecule has 8 heteroatoms. The number of fused-ring (bicyclic) bond motifs is 1. The zero-order chi connectivity index (χ0) is 21.2. The van der Waals surface area contributed by atoms with E-state index in [-0.39, 0.29) is 5.56 Å². The SMILES string of the molecule is CNc1cc(-c2cncc3c2COCC3NC(=O)OC(C)(C)C)cc(F)c1C=N. The lowest BCUT2D eigenvalue weighted by molar-refractivity contribution is 0.0390. The summed E-state index contributed by atoms with van der Waals surface area (Å²) in [5.74, 6) is -0.500. The standard InChI is InChI=1S/C21H25FN4O3/c1-21(2,3)29-20(27)26-19-11-28-10-16-14(8-25-9-15(16)19)12-5-17(22)13(7-23)18(6-12)24-4/h5-9,19,23-24H,10-11H2,1-4H3,(H,26,27). The summed E-state index contributed by atoms with van der Waals surface area (Å²) in [6.45, 7) is 6.00. The topological polar surface area (TPSA) is 96.3 Å². The molecule has 0 saturated heterocycles. The van der Waals surface area contributed by atoms with Crippen molar-refractivity contribution in [3.8, 4) is 11.1 Å². The van der Waals surface area contributed by atoms with Gasteiger partial charge in [-0.3, -0.25) is 4.98 Å². The molecule has 3 N–H and O–H groups in total. The van der Waals surface area contributed by atoms with E-state index in [1.54, 1.807) is 46.3 Å². The molecule has 154 valence electrons. The van der Waals surface area contributed by atoms with Crippen LogP contribution >= 0.6 is 0 Å². The average molecular weight is 400 g/mol. The molecular formula is C21H25FN4O3. The van der Waals surface area contributed by atoms with Crippen LogP contribution in [0.2, 0.25) is 0 Å². The number of benzene rings is 1. The first-order valence-electron chi connectivity index (χ1n) is 9.29. The minimum atomic E-state index is -0.611. The van der Waals surface area contributed by atoms with E-state index in [9.17, 15) is 9.18 Å². The van der Waals surface area contributed by atoms with Gasteiger partial charge in [0.25, 0.3) is 0 Å². The van der Waals surface area contributed by atoms with Crippen LogP contribution in [0.3, 0.4) is 0 Å². The quantitative estimate of drug-likeness (QED) is 0.674. The van der Waals surface area contributed by atoms with E-state index >= 15 is 0 Å². The molecule has 0 radical (unpaired) electrons. The lowest BCUT2D eigenvalue weighted by atomic mass is 9.92. The van der Waals surface area contributed by atoms with Gasteiger partial charge in [-0.25, -0.2) is 9.18 Å². The first kappa shape index (κ1) is 20.7. The Morgan fingerprint density at radius 1 is 1.38 bits per heavy atom. The summed E-state index contributed by atoms with van der Waals surface area (Å²) in [6.07, 6.45) is 3.78. The van der Waals surface area contributed by atoms with Gasteiger partial charge in [-0.2, -0.15) is 0 Å². The van der Waals surface area contributed by atoms with E-state index in [0.29, 0.717) is 30.0 Å². The fourth-order valence-electron chi connectivity index (χ4n) is 3.28. The first-order chi connectivity index (χ1) is 13.7. The highest BCUT2D eigenvalue weighted by atomic mass is 19.1. The van der Waals surface area contributed by atoms with Crippen molar-refractivity contribution in [1.82, 2.24) is 10.3 Å². The third-order valence-corrected chi connectivity index (χ3v) is 4.54. The number of pyridine rings is 1.